The first-order valence-corrected chi connectivity index (χ1v) is 7.17. The van der Waals surface area contributed by atoms with Crippen molar-refractivity contribution in [2.45, 2.75) is 20.3 Å². The van der Waals surface area contributed by atoms with Crippen molar-refractivity contribution in [1.29, 1.82) is 0 Å². The number of hydrogen-bond acceptors (Lipinski definition) is 2. The molecular weight excluding hydrogens is 260 g/mol. The summed E-state index contributed by atoms with van der Waals surface area (Å²) in [6.07, 6.45) is 0.862. The Hall–Kier alpha value is -2.42. The minimum Gasteiger partial charge on any atom is -0.296 e. The molecule has 0 fully saturated rings. The molecule has 1 aromatic carbocycles. The van der Waals surface area contributed by atoms with Gasteiger partial charge in [0.25, 0.3) is 5.56 Å². The lowest BCUT2D eigenvalue weighted by Crippen LogP contribution is -2.18. The molecule has 0 spiro atoms. The van der Waals surface area contributed by atoms with Crippen LogP contribution in [0.15, 0.2) is 47.3 Å². The fourth-order valence-corrected chi connectivity index (χ4v) is 2.72. The molecule has 3 rings (SSSR count). The third kappa shape index (κ3) is 2.25. The van der Waals surface area contributed by atoms with E-state index >= 15 is 0 Å². The van der Waals surface area contributed by atoms with E-state index in [4.69, 9.17) is 0 Å². The highest BCUT2D eigenvalue weighted by Gasteiger charge is 2.12. The fourth-order valence-electron chi connectivity index (χ4n) is 2.72. The molecule has 0 aliphatic heterocycles. The number of rotatable bonds is 2. The third-order valence-electron chi connectivity index (χ3n) is 3.88. The lowest BCUT2D eigenvalue weighted by molar-refractivity contribution is 0.877. The van der Waals surface area contributed by atoms with Crippen molar-refractivity contribution < 1.29 is 0 Å². The van der Waals surface area contributed by atoms with Crippen molar-refractivity contribution >= 4 is 11.0 Å². The van der Waals surface area contributed by atoms with Gasteiger partial charge in [0.2, 0.25) is 0 Å². The molecule has 2 heterocycles. The molecule has 2 aromatic heterocycles. The minimum absolute atomic E-state index is 0.0264. The van der Waals surface area contributed by atoms with Gasteiger partial charge in [0.05, 0.1) is 0 Å². The maximum atomic E-state index is 12.3. The zero-order valence-corrected chi connectivity index (χ0v) is 12.6. The normalized spacial score (nSPS) is 11.0. The zero-order chi connectivity index (χ0) is 15.0. The molecule has 0 aliphatic carbocycles. The van der Waals surface area contributed by atoms with Gasteiger partial charge in [-0.3, -0.25) is 9.36 Å². The van der Waals surface area contributed by atoms with E-state index in [2.05, 4.69) is 24.9 Å². The maximum Gasteiger partial charge on any atom is 0.252 e. The van der Waals surface area contributed by atoms with Crippen molar-refractivity contribution in [1.82, 2.24) is 9.55 Å². The highest BCUT2D eigenvalue weighted by atomic mass is 16.1. The summed E-state index contributed by atoms with van der Waals surface area (Å²) in [6.45, 7) is 4.16. The zero-order valence-electron chi connectivity index (χ0n) is 12.6. The molecule has 3 aromatic rings. The monoisotopic (exact) mass is 278 g/mol. The van der Waals surface area contributed by atoms with Crippen LogP contribution in [0.2, 0.25) is 0 Å². The second-order valence-corrected chi connectivity index (χ2v) is 5.30. The predicted molar refractivity (Wildman–Crippen MR) is 86.5 cm³/mol. The van der Waals surface area contributed by atoms with E-state index in [1.165, 1.54) is 0 Å². The maximum absolute atomic E-state index is 12.3. The predicted octanol–water partition coefficient (Wildman–Crippen LogP) is 3.47. The van der Waals surface area contributed by atoms with Gasteiger partial charge in [-0.05, 0) is 36.1 Å². The van der Waals surface area contributed by atoms with Crippen LogP contribution in [0.3, 0.4) is 0 Å². The van der Waals surface area contributed by atoms with E-state index in [1.54, 1.807) is 17.7 Å². The fraction of sp³-hybridized carbons (Fsp3) is 0.222. The summed E-state index contributed by atoms with van der Waals surface area (Å²) in [5.41, 5.74) is 4.92. The van der Waals surface area contributed by atoms with Crippen LogP contribution in [0, 0.1) is 6.92 Å². The molecule has 21 heavy (non-hydrogen) atoms. The SMILES string of the molecule is CCc1cc(C)c2c(-c3ccccc3)cc(=O)n(C)c2n1. The summed E-state index contributed by atoms with van der Waals surface area (Å²) in [5, 5.41) is 1.06. The lowest BCUT2D eigenvalue weighted by Gasteiger charge is -2.13. The first-order chi connectivity index (χ1) is 10.1. The van der Waals surface area contributed by atoms with Crippen LogP contribution in [-0.2, 0) is 13.5 Å². The van der Waals surface area contributed by atoms with E-state index in [0.29, 0.717) is 0 Å². The van der Waals surface area contributed by atoms with Gasteiger partial charge in [0.15, 0.2) is 0 Å². The van der Waals surface area contributed by atoms with Crippen LogP contribution in [0.4, 0.5) is 0 Å². The number of benzene rings is 1. The summed E-state index contributed by atoms with van der Waals surface area (Å²) in [5.74, 6) is 0. The van der Waals surface area contributed by atoms with Crippen LogP contribution in [0.25, 0.3) is 22.2 Å². The van der Waals surface area contributed by atoms with Gasteiger partial charge in [0, 0.05) is 24.2 Å². The summed E-state index contributed by atoms with van der Waals surface area (Å²) in [4.78, 5) is 16.9. The Morgan fingerprint density at radius 3 is 2.52 bits per heavy atom. The summed E-state index contributed by atoms with van der Waals surface area (Å²) in [7, 11) is 1.78. The molecule has 0 bridgehead atoms. The van der Waals surface area contributed by atoms with Crippen molar-refractivity contribution in [3.05, 3.63) is 64.1 Å². The standard InChI is InChI=1S/C18H18N2O/c1-4-14-10-12(2)17-15(13-8-6-5-7-9-13)11-16(21)20(3)18(17)19-14/h5-11H,4H2,1-3H3. The van der Waals surface area contributed by atoms with E-state index in [0.717, 1.165) is 39.8 Å². The molecule has 106 valence electrons. The summed E-state index contributed by atoms with van der Waals surface area (Å²) in [6, 6.07) is 13.8. The summed E-state index contributed by atoms with van der Waals surface area (Å²) < 4.78 is 1.63. The Labute approximate surface area is 123 Å². The van der Waals surface area contributed by atoms with Gasteiger partial charge in [-0.1, -0.05) is 37.3 Å². The van der Waals surface area contributed by atoms with E-state index in [1.807, 2.05) is 30.3 Å². The molecule has 0 amide bonds. The van der Waals surface area contributed by atoms with E-state index < -0.39 is 0 Å². The highest BCUT2D eigenvalue weighted by molar-refractivity contribution is 5.95. The van der Waals surface area contributed by atoms with Crippen molar-refractivity contribution in [2.75, 3.05) is 0 Å². The smallest absolute Gasteiger partial charge is 0.252 e. The Morgan fingerprint density at radius 1 is 1.14 bits per heavy atom. The largest absolute Gasteiger partial charge is 0.296 e. The molecule has 0 aliphatic rings. The molecule has 0 saturated heterocycles. The number of pyridine rings is 2. The van der Waals surface area contributed by atoms with Crippen molar-refractivity contribution in [3.63, 3.8) is 0 Å². The number of nitrogens with zero attached hydrogens (tertiary/aromatic N) is 2. The molecular formula is C18H18N2O. The van der Waals surface area contributed by atoms with Crippen LogP contribution in [0.1, 0.15) is 18.2 Å². The van der Waals surface area contributed by atoms with Gasteiger partial charge < -0.3 is 0 Å². The Balaban J connectivity index is 2.47. The average Bonchev–Trinajstić information content (AvgIpc) is 2.51. The molecule has 3 nitrogen and oxygen atoms in total. The third-order valence-corrected chi connectivity index (χ3v) is 3.88. The van der Waals surface area contributed by atoms with Crippen LogP contribution in [0.5, 0.6) is 0 Å². The topological polar surface area (TPSA) is 34.9 Å². The molecule has 0 atom stereocenters. The quantitative estimate of drug-likeness (QED) is 0.719. The number of hydrogen-bond donors (Lipinski definition) is 0. The van der Waals surface area contributed by atoms with Gasteiger partial charge >= 0.3 is 0 Å². The minimum atomic E-state index is -0.0264. The number of aryl methyl sites for hydroxylation is 3. The Kier molecular flexibility index (Phi) is 3.34. The van der Waals surface area contributed by atoms with Crippen LogP contribution >= 0.6 is 0 Å². The molecule has 0 N–H and O–H groups in total. The Morgan fingerprint density at radius 2 is 1.86 bits per heavy atom. The number of fused-ring (bicyclic) bond motifs is 1. The molecule has 0 unspecified atom stereocenters. The summed E-state index contributed by atoms with van der Waals surface area (Å²) >= 11 is 0. The Bertz CT molecular complexity index is 864. The van der Waals surface area contributed by atoms with Crippen molar-refractivity contribution in [2.24, 2.45) is 7.05 Å². The second kappa shape index (κ2) is 5.17. The van der Waals surface area contributed by atoms with Crippen LogP contribution in [-0.4, -0.2) is 9.55 Å². The second-order valence-electron chi connectivity index (χ2n) is 5.30. The molecule has 0 saturated carbocycles. The average molecular weight is 278 g/mol. The van der Waals surface area contributed by atoms with Crippen molar-refractivity contribution in [3.8, 4) is 11.1 Å². The molecule has 3 heteroatoms. The first-order valence-electron chi connectivity index (χ1n) is 7.17. The number of aromatic nitrogens is 2. The lowest BCUT2D eigenvalue weighted by atomic mass is 9.99. The van der Waals surface area contributed by atoms with Gasteiger partial charge in [-0.2, -0.15) is 0 Å². The molecule has 0 radical (unpaired) electrons. The highest BCUT2D eigenvalue weighted by Crippen LogP contribution is 2.29. The van der Waals surface area contributed by atoms with Gasteiger partial charge in [0.1, 0.15) is 5.65 Å². The van der Waals surface area contributed by atoms with Crippen LogP contribution < -0.4 is 5.56 Å². The first kappa shape index (κ1) is 13.6. The van der Waals surface area contributed by atoms with Gasteiger partial charge in [-0.15, -0.1) is 0 Å². The van der Waals surface area contributed by atoms with Gasteiger partial charge in [-0.25, -0.2) is 4.98 Å². The van der Waals surface area contributed by atoms with E-state index in [-0.39, 0.29) is 5.56 Å². The van der Waals surface area contributed by atoms with E-state index in [9.17, 15) is 4.79 Å².